The van der Waals surface area contributed by atoms with Crippen molar-refractivity contribution in [1.82, 2.24) is 5.32 Å². The third kappa shape index (κ3) is 1.50. The molecule has 14 heavy (non-hydrogen) atoms. The van der Waals surface area contributed by atoms with Crippen molar-refractivity contribution in [2.24, 2.45) is 0 Å². The summed E-state index contributed by atoms with van der Waals surface area (Å²) in [5.41, 5.74) is 4.30. The molecule has 0 bridgehead atoms. The highest BCUT2D eigenvalue weighted by Crippen LogP contribution is 2.32. The van der Waals surface area contributed by atoms with Crippen LogP contribution in [0.15, 0.2) is 18.2 Å². The highest BCUT2D eigenvalue weighted by molar-refractivity contribution is 5.52. The third-order valence-corrected chi connectivity index (χ3v) is 3.07. The molecule has 1 aromatic rings. The second-order valence-electron chi connectivity index (χ2n) is 4.16. The molecule has 0 saturated heterocycles. The largest absolute Gasteiger partial charge is 0.378 e. The van der Waals surface area contributed by atoms with E-state index < -0.39 is 0 Å². The van der Waals surface area contributed by atoms with E-state index >= 15 is 0 Å². The van der Waals surface area contributed by atoms with Crippen molar-refractivity contribution in [3.05, 3.63) is 29.3 Å². The number of nitrogens with zero attached hydrogens (tertiary/aromatic N) is 1. The monoisotopic (exact) mass is 190 g/mol. The normalized spacial score (nSPS) is 19.5. The second kappa shape index (κ2) is 3.62. The molecule has 0 heterocycles. The molecule has 2 rings (SSSR count). The van der Waals surface area contributed by atoms with Gasteiger partial charge in [-0.25, -0.2) is 0 Å². The van der Waals surface area contributed by atoms with Gasteiger partial charge in [0.15, 0.2) is 0 Å². The lowest BCUT2D eigenvalue weighted by Crippen LogP contribution is -2.13. The van der Waals surface area contributed by atoms with Crippen molar-refractivity contribution in [2.75, 3.05) is 26.0 Å². The minimum atomic E-state index is 0.571. The first-order valence-corrected chi connectivity index (χ1v) is 5.20. The van der Waals surface area contributed by atoms with Crippen LogP contribution in [0.1, 0.15) is 23.6 Å². The van der Waals surface area contributed by atoms with Crippen LogP contribution in [-0.4, -0.2) is 21.1 Å². The van der Waals surface area contributed by atoms with E-state index in [0.29, 0.717) is 6.04 Å². The maximum absolute atomic E-state index is 3.36. The van der Waals surface area contributed by atoms with Gasteiger partial charge >= 0.3 is 0 Å². The molecule has 2 heteroatoms. The molecule has 1 unspecified atom stereocenters. The average Bonchev–Trinajstić information content (AvgIpc) is 2.59. The van der Waals surface area contributed by atoms with E-state index in [2.05, 4.69) is 42.5 Å². The topological polar surface area (TPSA) is 15.3 Å². The Bertz CT molecular complexity index is 331. The molecule has 1 atom stereocenters. The Morgan fingerprint density at radius 3 is 2.79 bits per heavy atom. The molecule has 2 nitrogen and oxygen atoms in total. The predicted molar refractivity (Wildman–Crippen MR) is 60.9 cm³/mol. The SMILES string of the molecule is CNC1CCc2cc(N(C)C)ccc21. The fourth-order valence-corrected chi connectivity index (χ4v) is 2.18. The van der Waals surface area contributed by atoms with Gasteiger partial charge in [-0.3, -0.25) is 0 Å². The molecule has 1 aromatic carbocycles. The van der Waals surface area contributed by atoms with Crippen molar-refractivity contribution in [2.45, 2.75) is 18.9 Å². The van der Waals surface area contributed by atoms with E-state index in [9.17, 15) is 0 Å². The molecule has 0 fully saturated rings. The summed E-state index contributed by atoms with van der Waals surface area (Å²) in [6, 6.07) is 7.35. The lowest BCUT2D eigenvalue weighted by atomic mass is 10.1. The molecular weight excluding hydrogens is 172 g/mol. The van der Waals surface area contributed by atoms with Crippen molar-refractivity contribution < 1.29 is 0 Å². The Labute approximate surface area is 85.9 Å². The first kappa shape index (κ1) is 9.53. The number of nitrogens with one attached hydrogen (secondary N) is 1. The lowest BCUT2D eigenvalue weighted by Gasteiger charge is -2.15. The first-order valence-electron chi connectivity index (χ1n) is 5.20. The number of hydrogen-bond donors (Lipinski definition) is 1. The summed E-state index contributed by atoms with van der Waals surface area (Å²) >= 11 is 0. The van der Waals surface area contributed by atoms with Gasteiger partial charge in [-0.2, -0.15) is 0 Å². The average molecular weight is 190 g/mol. The van der Waals surface area contributed by atoms with E-state index in [1.807, 2.05) is 7.05 Å². The van der Waals surface area contributed by atoms with Gasteiger partial charge in [-0.1, -0.05) is 6.07 Å². The molecule has 0 aliphatic heterocycles. The quantitative estimate of drug-likeness (QED) is 0.767. The molecule has 1 aliphatic carbocycles. The van der Waals surface area contributed by atoms with Crippen LogP contribution in [0.5, 0.6) is 0 Å². The van der Waals surface area contributed by atoms with Crippen molar-refractivity contribution in [1.29, 1.82) is 0 Å². The molecule has 0 aromatic heterocycles. The highest BCUT2D eigenvalue weighted by atomic mass is 15.1. The van der Waals surface area contributed by atoms with Crippen molar-refractivity contribution in [3.8, 4) is 0 Å². The van der Waals surface area contributed by atoms with Gasteiger partial charge in [0, 0.05) is 25.8 Å². The van der Waals surface area contributed by atoms with Gasteiger partial charge in [0.25, 0.3) is 0 Å². The molecule has 0 saturated carbocycles. The van der Waals surface area contributed by atoms with Crippen LogP contribution in [0.3, 0.4) is 0 Å². The Morgan fingerprint density at radius 2 is 2.14 bits per heavy atom. The van der Waals surface area contributed by atoms with Gasteiger partial charge in [-0.15, -0.1) is 0 Å². The summed E-state index contributed by atoms with van der Waals surface area (Å²) in [7, 11) is 6.22. The van der Waals surface area contributed by atoms with E-state index in [4.69, 9.17) is 0 Å². The number of benzene rings is 1. The van der Waals surface area contributed by atoms with Crippen molar-refractivity contribution >= 4 is 5.69 Å². The summed E-state index contributed by atoms with van der Waals surface area (Å²) < 4.78 is 0. The van der Waals surface area contributed by atoms with Gasteiger partial charge in [0.2, 0.25) is 0 Å². The van der Waals surface area contributed by atoms with E-state index in [0.717, 1.165) is 0 Å². The summed E-state index contributed by atoms with van der Waals surface area (Å²) in [6.45, 7) is 0. The van der Waals surface area contributed by atoms with Gasteiger partial charge < -0.3 is 10.2 Å². The number of anilines is 1. The number of aryl methyl sites for hydroxylation is 1. The van der Waals surface area contributed by atoms with Crippen LogP contribution in [-0.2, 0) is 6.42 Å². The Hall–Kier alpha value is -1.02. The maximum atomic E-state index is 3.36. The molecule has 0 radical (unpaired) electrons. The van der Waals surface area contributed by atoms with Gasteiger partial charge in [0.05, 0.1) is 0 Å². The molecule has 1 aliphatic rings. The summed E-state index contributed by atoms with van der Waals surface area (Å²) in [4.78, 5) is 2.16. The second-order valence-corrected chi connectivity index (χ2v) is 4.16. The van der Waals surface area contributed by atoms with E-state index in [1.54, 1.807) is 0 Å². The minimum absolute atomic E-state index is 0.571. The third-order valence-electron chi connectivity index (χ3n) is 3.07. The lowest BCUT2D eigenvalue weighted by molar-refractivity contribution is 0.590. The van der Waals surface area contributed by atoms with Crippen LogP contribution in [0, 0.1) is 0 Å². The molecular formula is C12H18N2. The standard InChI is InChI=1S/C12H18N2/c1-13-12-7-4-9-8-10(14(2)3)5-6-11(9)12/h5-6,8,12-13H,4,7H2,1-3H3. The number of fused-ring (bicyclic) bond motifs is 1. The van der Waals surface area contributed by atoms with Crippen LogP contribution in [0.2, 0.25) is 0 Å². The maximum Gasteiger partial charge on any atom is 0.0363 e. The van der Waals surface area contributed by atoms with Crippen molar-refractivity contribution in [3.63, 3.8) is 0 Å². The Morgan fingerprint density at radius 1 is 1.36 bits per heavy atom. The number of rotatable bonds is 2. The highest BCUT2D eigenvalue weighted by Gasteiger charge is 2.20. The number of hydrogen-bond acceptors (Lipinski definition) is 2. The zero-order chi connectivity index (χ0) is 10.1. The molecule has 0 amide bonds. The molecule has 76 valence electrons. The van der Waals surface area contributed by atoms with Gasteiger partial charge in [0.1, 0.15) is 0 Å². The minimum Gasteiger partial charge on any atom is -0.378 e. The van der Waals surface area contributed by atoms with Crippen LogP contribution >= 0.6 is 0 Å². The van der Waals surface area contributed by atoms with E-state index in [1.165, 1.54) is 29.7 Å². The fraction of sp³-hybridized carbons (Fsp3) is 0.500. The molecule has 0 spiro atoms. The Balaban J connectivity index is 2.34. The van der Waals surface area contributed by atoms with Crippen LogP contribution in [0.25, 0.3) is 0 Å². The fourth-order valence-electron chi connectivity index (χ4n) is 2.18. The summed E-state index contributed by atoms with van der Waals surface area (Å²) in [5, 5.41) is 3.36. The van der Waals surface area contributed by atoms with Crippen LogP contribution in [0.4, 0.5) is 5.69 Å². The van der Waals surface area contributed by atoms with Crippen LogP contribution < -0.4 is 10.2 Å². The zero-order valence-corrected chi connectivity index (χ0v) is 9.17. The molecule has 1 N–H and O–H groups in total. The summed E-state index contributed by atoms with van der Waals surface area (Å²) in [6.07, 6.45) is 2.45. The predicted octanol–water partition coefficient (Wildman–Crippen LogP) is 1.96. The first-order chi connectivity index (χ1) is 6.72. The van der Waals surface area contributed by atoms with E-state index in [-0.39, 0.29) is 0 Å². The summed E-state index contributed by atoms with van der Waals surface area (Å²) in [5.74, 6) is 0. The van der Waals surface area contributed by atoms with Gasteiger partial charge in [-0.05, 0) is 43.1 Å². The Kier molecular flexibility index (Phi) is 2.46. The zero-order valence-electron chi connectivity index (χ0n) is 9.17. The smallest absolute Gasteiger partial charge is 0.0363 e.